The van der Waals surface area contributed by atoms with Crippen LogP contribution in [0.25, 0.3) is 0 Å². The Balaban J connectivity index is 2.38. The summed E-state index contributed by atoms with van der Waals surface area (Å²) in [4.78, 5) is 26.0. The van der Waals surface area contributed by atoms with Crippen LogP contribution in [0.4, 0.5) is 14.0 Å². The van der Waals surface area contributed by atoms with Crippen LogP contribution in [-0.4, -0.2) is 54.5 Å². The Kier molecular flexibility index (Phi) is 11.5. The van der Waals surface area contributed by atoms with Crippen LogP contribution in [0.1, 0.15) is 66.4 Å². The summed E-state index contributed by atoms with van der Waals surface area (Å²) in [6, 6.07) is 6.39. The number of unbranched alkanes of at least 4 members (excludes halogenated alkanes) is 1. The van der Waals surface area contributed by atoms with Crippen LogP contribution in [0.3, 0.4) is 0 Å². The number of carbonyl (C=O) groups is 2. The largest absolute Gasteiger partial charge is 0.444 e. The molecular formula is C24H40FN3O4. The van der Waals surface area contributed by atoms with Gasteiger partial charge in [0.15, 0.2) is 0 Å². The summed E-state index contributed by atoms with van der Waals surface area (Å²) in [6.45, 7) is 13.9. The van der Waals surface area contributed by atoms with Gasteiger partial charge < -0.3 is 25.0 Å². The molecule has 0 heterocycles. The van der Waals surface area contributed by atoms with Crippen molar-refractivity contribution in [2.24, 2.45) is 0 Å². The molecule has 32 heavy (non-hydrogen) atoms. The van der Waals surface area contributed by atoms with Crippen LogP contribution in [0, 0.1) is 5.82 Å². The molecule has 1 rings (SSSR count). The molecule has 1 aromatic carbocycles. The van der Waals surface area contributed by atoms with Crippen molar-refractivity contribution in [3.63, 3.8) is 0 Å². The third kappa shape index (κ3) is 13.9. The van der Waals surface area contributed by atoms with Gasteiger partial charge in [-0.3, -0.25) is 0 Å². The number of hydrogen-bond donors (Lipinski definition) is 2. The molecule has 1 aromatic rings. The van der Waals surface area contributed by atoms with E-state index in [1.807, 2.05) is 41.5 Å². The van der Waals surface area contributed by atoms with Gasteiger partial charge in [-0.15, -0.1) is 0 Å². The maximum atomic E-state index is 13.0. The smallest absolute Gasteiger partial charge is 0.410 e. The molecule has 0 bridgehead atoms. The molecule has 0 unspecified atom stereocenters. The minimum absolute atomic E-state index is 0.247. The molecule has 0 saturated heterocycles. The zero-order valence-corrected chi connectivity index (χ0v) is 20.4. The molecule has 0 aliphatic carbocycles. The molecule has 2 amide bonds. The molecule has 0 aromatic heterocycles. The SMILES string of the molecule is CC(C)(C)OC(=O)NCCCCN(CCCNCc1ccc(F)cc1)C(=O)OC(C)(C)C. The predicted octanol–water partition coefficient (Wildman–Crippen LogP) is 4.85. The molecule has 2 N–H and O–H groups in total. The normalized spacial score (nSPS) is 11.7. The van der Waals surface area contributed by atoms with E-state index >= 15 is 0 Å². The number of rotatable bonds is 11. The Morgan fingerprint density at radius 3 is 2.06 bits per heavy atom. The summed E-state index contributed by atoms with van der Waals surface area (Å²) in [7, 11) is 0. The Hall–Kier alpha value is -2.35. The number of ether oxygens (including phenoxy) is 2. The first kappa shape index (κ1) is 27.7. The van der Waals surface area contributed by atoms with Crippen molar-refractivity contribution in [1.29, 1.82) is 0 Å². The fraction of sp³-hybridized carbons (Fsp3) is 0.667. The van der Waals surface area contributed by atoms with Gasteiger partial charge in [-0.05, 0) is 85.0 Å². The van der Waals surface area contributed by atoms with Gasteiger partial charge in [0.25, 0.3) is 0 Å². The first-order valence-corrected chi connectivity index (χ1v) is 11.3. The number of alkyl carbamates (subject to hydrolysis) is 1. The second kappa shape index (κ2) is 13.3. The molecule has 182 valence electrons. The van der Waals surface area contributed by atoms with Crippen molar-refractivity contribution in [2.45, 2.75) is 78.6 Å². The van der Waals surface area contributed by atoms with E-state index in [4.69, 9.17) is 9.47 Å². The fourth-order valence-electron chi connectivity index (χ4n) is 2.78. The lowest BCUT2D eigenvalue weighted by atomic mass is 10.2. The van der Waals surface area contributed by atoms with E-state index < -0.39 is 17.3 Å². The maximum absolute atomic E-state index is 13.0. The topological polar surface area (TPSA) is 79.9 Å². The zero-order valence-electron chi connectivity index (χ0n) is 20.4. The van der Waals surface area contributed by atoms with E-state index in [0.29, 0.717) is 26.2 Å². The monoisotopic (exact) mass is 453 g/mol. The van der Waals surface area contributed by atoms with Crippen molar-refractivity contribution in [3.8, 4) is 0 Å². The van der Waals surface area contributed by atoms with Crippen LogP contribution < -0.4 is 10.6 Å². The number of halogens is 1. The molecule has 8 heteroatoms. The highest BCUT2D eigenvalue weighted by molar-refractivity contribution is 5.68. The highest BCUT2D eigenvalue weighted by Gasteiger charge is 2.21. The second-order valence-corrected chi connectivity index (χ2v) is 9.76. The lowest BCUT2D eigenvalue weighted by molar-refractivity contribution is 0.0243. The average molecular weight is 454 g/mol. The zero-order chi connectivity index (χ0) is 24.2. The minimum Gasteiger partial charge on any atom is -0.444 e. The molecule has 0 spiro atoms. The van der Waals surface area contributed by atoms with E-state index in [9.17, 15) is 14.0 Å². The van der Waals surface area contributed by atoms with Crippen molar-refractivity contribution in [1.82, 2.24) is 15.5 Å². The van der Waals surface area contributed by atoms with Crippen LogP contribution >= 0.6 is 0 Å². The van der Waals surface area contributed by atoms with Gasteiger partial charge in [0, 0.05) is 26.2 Å². The number of nitrogens with one attached hydrogen (secondary N) is 2. The van der Waals surface area contributed by atoms with Gasteiger partial charge in [-0.2, -0.15) is 0 Å². The van der Waals surface area contributed by atoms with Crippen molar-refractivity contribution in [2.75, 3.05) is 26.2 Å². The number of amides is 2. The van der Waals surface area contributed by atoms with E-state index in [1.165, 1.54) is 12.1 Å². The Morgan fingerprint density at radius 1 is 0.875 bits per heavy atom. The molecular weight excluding hydrogens is 413 g/mol. The third-order valence-electron chi connectivity index (χ3n) is 4.20. The minimum atomic E-state index is -0.561. The first-order valence-electron chi connectivity index (χ1n) is 11.3. The molecule has 0 aliphatic heterocycles. The molecule has 7 nitrogen and oxygen atoms in total. The number of hydrogen-bond acceptors (Lipinski definition) is 5. The summed E-state index contributed by atoms with van der Waals surface area (Å²) in [5.74, 6) is -0.247. The number of benzene rings is 1. The Morgan fingerprint density at radius 2 is 1.47 bits per heavy atom. The van der Waals surface area contributed by atoms with Gasteiger partial charge in [-0.1, -0.05) is 12.1 Å². The van der Waals surface area contributed by atoms with E-state index in [2.05, 4.69) is 10.6 Å². The summed E-state index contributed by atoms with van der Waals surface area (Å²) in [5.41, 5.74) is -0.0792. The van der Waals surface area contributed by atoms with E-state index in [1.54, 1.807) is 17.0 Å². The molecule has 0 atom stereocenters. The van der Waals surface area contributed by atoms with E-state index in [0.717, 1.165) is 31.4 Å². The Bertz CT molecular complexity index is 697. The Labute approximate surface area is 192 Å². The lowest BCUT2D eigenvalue weighted by Gasteiger charge is -2.27. The quantitative estimate of drug-likeness (QED) is 0.468. The van der Waals surface area contributed by atoms with Crippen LogP contribution in [0.15, 0.2) is 24.3 Å². The molecule has 0 aliphatic rings. The molecule has 0 fully saturated rings. The molecule has 0 saturated carbocycles. The van der Waals surface area contributed by atoms with Gasteiger partial charge in [0.05, 0.1) is 0 Å². The van der Waals surface area contributed by atoms with Crippen LogP contribution in [0.5, 0.6) is 0 Å². The highest BCUT2D eigenvalue weighted by Crippen LogP contribution is 2.11. The first-order chi connectivity index (χ1) is 14.9. The fourth-order valence-corrected chi connectivity index (χ4v) is 2.78. The van der Waals surface area contributed by atoms with Crippen molar-refractivity contribution < 1.29 is 23.5 Å². The maximum Gasteiger partial charge on any atom is 0.410 e. The summed E-state index contributed by atoms with van der Waals surface area (Å²) >= 11 is 0. The number of nitrogens with zero attached hydrogens (tertiary/aromatic N) is 1. The van der Waals surface area contributed by atoms with Gasteiger partial charge >= 0.3 is 12.2 Å². The lowest BCUT2D eigenvalue weighted by Crippen LogP contribution is -2.39. The van der Waals surface area contributed by atoms with Crippen molar-refractivity contribution in [3.05, 3.63) is 35.6 Å². The summed E-state index contributed by atoms with van der Waals surface area (Å²) < 4.78 is 23.7. The van der Waals surface area contributed by atoms with Crippen molar-refractivity contribution >= 4 is 12.2 Å². The van der Waals surface area contributed by atoms with Crippen LogP contribution in [-0.2, 0) is 16.0 Å². The van der Waals surface area contributed by atoms with Gasteiger partial charge in [0.2, 0.25) is 0 Å². The summed E-state index contributed by atoms with van der Waals surface area (Å²) in [5, 5.41) is 6.04. The third-order valence-corrected chi connectivity index (χ3v) is 4.20. The number of carbonyl (C=O) groups excluding carboxylic acids is 2. The summed E-state index contributed by atoms with van der Waals surface area (Å²) in [6.07, 6.45) is 1.44. The average Bonchev–Trinajstić information content (AvgIpc) is 2.64. The predicted molar refractivity (Wildman–Crippen MR) is 124 cm³/mol. The second-order valence-electron chi connectivity index (χ2n) is 9.76. The van der Waals surface area contributed by atoms with E-state index in [-0.39, 0.29) is 11.9 Å². The van der Waals surface area contributed by atoms with Gasteiger partial charge in [0.1, 0.15) is 17.0 Å². The van der Waals surface area contributed by atoms with Gasteiger partial charge in [-0.25, -0.2) is 14.0 Å². The van der Waals surface area contributed by atoms with Crippen LogP contribution in [0.2, 0.25) is 0 Å². The highest BCUT2D eigenvalue weighted by atomic mass is 19.1. The standard InChI is InChI=1S/C24H40FN3O4/c1-23(2,3)31-21(29)27-15-7-8-16-28(22(30)32-24(4,5)6)17-9-14-26-18-19-10-12-20(25)13-11-19/h10-13,26H,7-9,14-18H2,1-6H3,(H,27,29). The molecule has 0 radical (unpaired) electrons.